The van der Waals surface area contributed by atoms with E-state index < -0.39 is 0 Å². The second-order valence-electron chi connectivity index (χ2n) is 6.14. The van der Waals surface area contributed by atoms with Gasteiger partial charge in [-0.05, 0) is 55.8 Å². The predicted octanol–water partition coefficient (Wildman–Crippen LogP) is 2.32. The van der Waals surface area contributed by atoms with E-state index >= 15 is 0 Å². The van der Waals surface area contributed by atoms with Gasteiger partial charge in [-0.1, -0.05) is 13.3 Å². The van der Waals surface area contributed by atoms with Crippen molar-refractivity contribution in [1.82, 2.24) is 0 Å². The normalized spacial score (nSPS) is 52.1. The molecule has 0 aromatic rings. The summed E-state index contributed by atoms with van der Waals surface area (Å²) in [6.45, 7) is 2.23. The van der Waals surface area contributed by atoms with Crippen molar-refractivity contribution in [3.63, 3.8) is 0 Å². The van der Waals surface area contributed by atoms with Crippen LogP contribution < -0.4 is 5.73 Å². The monoisotopic (exact) mass is 207 g/mol. The zero-order chi connectivity index (χ0) is 10.6. The maximum Gasteiger partial charge on any atom is 0.223 e. The molecule has 84 valence electrons. The zero-order valence-electron chi connectivity index (χ0n) is 9.54. The Balaban J connectivity index is 2.00. The smallest absolute Gasteiger partial charge is 0.223 e. The summed E-state index contributed by atoms with van der Waals surface area (Å²) >= 11 is 0. The Hall–Kier alpha value is -0.530. The van der Waals surface area contributed by atoms with E-state index in [1.54, 1.807) is 0 Å². The molecule has 0 radical (unpaired) electrons. The Morgan fingerprint density at radius 2 is 1.87 bits per heavy atom. The molecule has 4 aliphatic carbocycles. The molecule has 4 bridgehead atoms. The summed E-state index contributed by atoms with van der Waals surface area (Å²) in [6, 6.07) is 0. The quantitative estimate of drug-likeness (QED) is 0.742. The summed E-state index contributed by atoms with van der Waals surface area (Å²) in [5, 5.41) is 0. The summed E-state index contributed by atoms with van der Waals surface area (Å²) in [6.07, 6.45) is 7.49. The van der Waals surface area contributed by atoms with E-state index in [0.717, 1.165) is 37.0 Å². The van der Waals surface area contributed by atoms with Gasteiger partial charge in [0.25, 0.3) is 0 Å². The summed E-state index contributed by atoms with van der Waals surface area (Å²) < 4.78 is 0. The number of nitrogens with two attached hydrogens (primary N) is 1. The highest BCUT2D eigenvalue weighted by Gasteiger charge is 2.58. The number of amides is 1. The first-order chi connectivity index (χ1) is 7.15. The average Bonchev–Trinajstić information content (AvgIpc) is 2.16. The molecule has 4 rings (SSSR count). The highest BCUT2D eigenvalue weighted by Crippen LogP contribution is 2.63. The van der Waals surface area contributed by atoms with Crippen molar-refractivity contribution in [3.8, 4) is 0 Å². The van der Waals surface area contributed by atoms with Gasteiger partial charge in [0.1, 0.15) is 0 Å². The van der Waals surface area contributed by atoms with Crippen LogP contribution in [-0.2, 0) is 4.79 Å². The minimum atomic E-state index is -0.0938. The first kappa shape index (κ1) is 9.68. The minimum absolute atomic E-state index is 0.00782. The van der Waals surface area contributed by atoms with Gasteiger partial charge in [0.05, 0.1) is 5.41 Å². The van der Waals surface area contributed by atoms with Crippen LogP contribution in [0.15, 0.2) is 0 Å². The SMILES string of the molecule is CCC1C2CC3CC(C2)CC1(C(N)=O)C3. The molecule has 4 saturated carbocycles. The second kappa shape index (κ2) is 2.99. The number of rotatable bonds is 2. The van der Waals surface area contributed by atoms with E-state index in [0.29, 0.717) is 5.92 Å². The fourth-order valence-electron chi connectivity index (χ4n) is 5.25. The standard InChI is InChI=1S/C13H21NO/c1-2-11-10-4-8-3-9(5-10)7-13(11,6-8)12(14)15/h8-11H,2-7H2,1H3,(H2,14,15). The van der Waals surface area contributed by atoms with Crippen LogP contribution in [0, 0.1) is 29.1 Å². The molecule has 0 spiro atoms. The molecule has 0 aliphatic heterocycles. The van der Waals surface area contributed by atoms with Gasteiger partial charge >= 0.3 is 0 Å². The summed E-state index contributed by atoms with van der Waals surface area (Å²) in [5.74, 6) is 3.06. The van der Waals surface area contributed by atoms with Crippen molar-refractivity contribution < 1.29 is 4.79 Å². The molecule has 0 aromatic heterocycles. The van der Waals surface area contributed by atoms with Gasteiger partial charge in [-0.2, -0.15) is 0 Å². The third-order valence-corrected chi connectivity index (χ3v) is 5.45. The second-order valence-corrected chi connectivity index (χ2v) is 6.14. The largest absolute Gasteiger partial charge is 0.369 e. The predicted molar refractivity (Wildman–Crippen MR) is 59.0 cm³/mol. The van der Waals surface area contributed by atoms with Crippen LogP contribution in [0.3, 0.4) is 0 Å². The van der Waals surface area contributed by atoms with Crippen molar-refractivity contribution >= 4 is 5.91 Å². The molecule has 15 heavy (non-hydrogen) atoms. The zero-order valence-corrected chi connectivity index (χ0v) is 9.54. The minimum Gasteiger partial charge on any atom is -0.369 e. The molecule has 4 fully saturated rings. The average molecular weight is 207 g/mol. The molecule has 2 heteroatoms. The maximum absolute atomic E-state index is 11.8. The van der Waals surface area contributed by atoms with Crippen molar-refractivity contribution in [2.45, 2.75) is 45.4 Å². The number of primary amides is 1. The molecule has 4 aliphatic rings. The third kappa shape index (κ3) is 1.14. The van der Waals surface area contributed by atoms with E-state index in [9.17, 15) is 4.79 Å². The van der Waals surface area contributed by atoms with Gasteiger partial charge in [-0.25, -0.2) is 0 Å². The van der Waals surface area contributed by atoms with Gasteiger partial charge in [0.15, 0.2) is 0 Å². The van der Waals surface area contributed by atoms with Gasteiger partial charge in [0.2, 0.25) is 5.91 Å². The van der Waals surface area contributed by atoms with Gasteiger partial charge < -0.3 is 5.73 Å². The summed E-state index contributed by atoms with van der Waals surface area (Å²) in [4.78, 5) is 11.8. The molecule has 2 N–H and O–H groups in total. The summed E-state index contributed by atoms with van der Waals surface area (Å²) in [7, 11) is 0. The van der Waals surface area contributed by atoms with E-state index in [4.69, 9.17) is 5.73 Å². The fourth-order valence-corrected chi connectivity index (χ4v) is 5.25. The maximum atomic E-state index is 11.8. The van der Waals surface area contributed by atoms with Crippen LogP contribution in [0.5, 0.6) is 0 Å². The van der Waals surface area contributed by atoms with E-state index in [-0.39, 0.29) is 11.3 Å². The van der Waals surface area contributed by atoms with Crippen molar-refractivity contribution in [2.75, 3.05) is 0 Å². The molecule has 2 nitrogen and oxygen atoms in total. The molecule has 1 amide bonds. The van der Waals surface area contributed by atoms with E-state index in [2.05, 4.69) is 6.92 Å². The lowest BCUT2D eigenvalue weighted by molar-refractivity contribution is -0.156. The lowest BCUT2D eigenvalue weighted by atomic mass is 9.44. The van der Waals surface area contributed by atoms with Crippen LogP contribution in [0.25, 0.3) is 0 Å². The molecule has 3 atom stereocenters. The van der Waals surface area contributed by atoms with Crippen LogP contribution in [0.4, 0.5) is 0 Å². The van der Waals surface area contributed by atoms with E-state index in [1.165, 1.54) is 19.3 Å². The lowest BCUT2D eigenvalue weighted by Crippen LogP contribution is -2.58. The van der Waals surface area contributed by atoms with Crippen LogP contribution in [0.2, 0.25) is 0 Å². The van der Waals surface area contributed by atoms with Gasteiger partial charge in [-0.15, -0.1) is 0 Å². The van der Waals surface area contributed by atoms with Gasteiger partial charge in [-0.3, -0.25) is 4.79 Å². The van der Waals surface area contributed by atoms with E-state index in [1.807, 2.05) is 0 Å². The Morgan fingerprint density at radius 3 is 2.33 bits per heavy atom. The van der Waals surface area contributed by atoms with Crippen LogP contribution >= 0.6 is 0 Å². The summed E-state index contributed by atoms with van der Waals surface area (Å²) in [5.41, 5.74) is 5.62. The molecule has 0 aromatic carbocycles. The third-order valence-electron chi connectivity index (χ3n) is 5.45. The highest BCUT2D eigenvalue weighted by molar-refractivity contribution is 5.81. The van der Waals surface area contributed by atoms with Crippen molar-refractivity contribution in [3.05, 3.63) is 0 Å². The Labute approximate surface area is 91.6 Å². The van der Waals surface area contributed by atoms with Crippen molar-refractivity contribution in [1.29, 1.82) is 0 Å². The first-order valence-corrected chi connectivity index (χ1v) is 6.45. The van der Waals surface area contributed by atoms with Gasteiger partial charge in [0, 0.05) is 0 Å². The van der Waals surface area contributed by atoms with Crippen molar-refractivity contribution in [2.24, 2.45) is 34.8 Å². The molecule has 0 heterocycles. The number of hydrogen-bond donors (Lipinski definition) is 1. The number of carbonyl (C=O) groups is 1. The molecule has 3 unspecified atom stereocenters. The topological polar surface area (TPSA) is 43.1 Å². The molecule has 0 saturated heterocycles. The Morgan fingerprint density at radius 1 is 1.27 bits per heavy atom. The Bertz CT molecular complexity index is 285. The fraction of sp³-hybridized carbons (Fsp3) is 0.923. The first-order valence-electron chi connectivity index (χ1n) is 6.45. The van der Waals surface area contributed by atoms with Crippen LogP contribution in [0.1, 0.15) is 45.4 Å². The Kier molecular flexibility index (Phi) is 1.93. The van der Waals surface area contributed by atoms with Crippen LogP contribution in [-0.4, -0.2) is 5.91 Å². The lowest BCUT2D eigenvalue weighted by Gasteiger charge is -2.59. The number of hydrogen-bond acceptors (Lipinski definition) is 1. The molecular formula is C13H21NO. The highest BCUT2D eigenvalue weighted by atomic mass is 16.1. The molecular weight excluding hydrogens is 186 g/mol. The number of carbonyl (C=O) groups excluding carboxylic acids is 1.